The molecule has 11 heteroatoms. The lowest BCUT2D eigenvalue weighted by molar-refractivity contribution is -0.166. The summed E-state index contributed by atoms with van der Waals surface area (Å²) >= 11 is 5.54. The van der Waals surface area contributed by atoms with Crippen LogP contribution in [0.3, 0.4) is 0 Å². The number of carbonyl (C=O) groups is 1. The highest BCUT2D eigenvalue weighted by molar-refractivity contribution is 7.80. The minimum Gasteiger partial charge on any atom is -0.493 e. The minimum absolute atomic E-state index is 0.0254. The van der Waals surface area contributed by atoms with Crippen LogP contribution in [0.1, 0.15) is 39.7 Å². The van der Waals surface area contributed by atoms with Crippen molar-refractivity contribution in [3.8, 4) is 17.6 Å². The minimum atomic E-state index is -4.63. The van der Waals surface area contributed by atoms with Gasteiger partial charge in [0, 0.05) is 24.8 Å². The van der Waals surface area contributed by atoms with Gasteiger partial charge in [0.05, 0.1) is 31.6 Å². The van der Waals surface area contributed by atoms with Crippen molar-refractivity contribution in [2.24, 2.45) is 11.8 Å². The van der Waals surface area contributed by atoms with Crippen LogP contribution in [0.5, 0.6) is 11.5 Å². The maximum atomic E-state index is 13.6. The zero-order valence-electron chi connectivity index (χ0n) is 22.1. The number of hydrogen-bond acceptors (Lipinski definition) is 6. The Kier molecular flexibility index (Phi) is 9.10. The lowest BCUT2D eigenvalue weighted by Gasteiger charge is -2.29. The first-order chi connectivity index (χ1) is 17.8. The van der Waals surface area contributed by atoms with Gasteiger partial charge in [0.15, 0.2) is 16.6 Å². The van der Waals surface area contributed by atoms with Crippen molar-refractivity contribution < 1.29 is 27.4 Å². The summed E-state index contributed by atoms with van der Waals surface area (Å²) in [7, 11) is 1.57. The van der Waals surface area contributed by atoms with Gasteiger partial charge in [-0.25, -0.2) is 0 Å². The predicted molar refractivity (Wildman–Crippen MR) is 141 cm³/mol. The number of halogens is 3. The Morgan fingerprint density at radius 2 is 1.97 bits per heavy atom. The van der Waals surface area contributed by atoms with E-state index >= 15 is 0 Å². The highest BCUT2D eigenvalue weighted by Gasteiger charge is 2.51. The number of nitrogens with zero attached hydrogens (tertiary/aromatic N) is 3. The van der Waals surface area contributed by atoms with E-state index in [1.54, 1.807) is 31.9 Å². The Morgan fingerprint density at radius 3 is 2.58 bits per heavy atom. The van der Waals surface area contributed by atoms with Crippen molar-refractivity contribution in [3.63, 3.8) is 0 Å². The van der Waals surface area contributed by atoms with E-state index in [1.165, 1.54) is 12.2 Å². The van der Waals surface area contributed by atoms with Crippen molar-refractivity contribution in [3.05, 3.63) is 47.7 Å². The molecule has 1 aromatic rings. The highest BCUT2D eigenvalue weighted by Crippen LogP contribution is 2.40. The van der Waals surface area contributed by atoms with Crippen LogP contribution in [0, 0.1) is 23.2 Å². The van der Waals surface area contributed by atoms with Crippen LogP contribution in [0.25, 0.3) is 0 Å². The molecule has 2 atom stereocenters. The van der Waals surface area contributed by atoms with E-state index in [1.807, 2.05) is 18.2 Å². The maximum Gasteiger partial charge on any atom is 0.396 e. The number of rotatable bonds is 10. The summed E-state index contributed by atoms with van der Waals surface area (Å²) in [6, 6.07) is 7.74. The standard InChI is InChI=1S/C27H33F3N4O3S/c1-17(2)32-16-18-7-10-22(23(13-18)36-5)37-12-6-11-33-25(38)34(24(35)26(33,3)4)20-9-8-19(15-31)21(14-20)27(28,29)30/h7-10,13-14,17,19,21,32H,6,11-12,16H2,1-5H3. The van der Waals surface area contributed by atoms with Crippen LogP contribution in [0.2, 0.25) is 0 Å². The summed E-state index contributed by atoms with van der Waals surface area (Å²) in [4.78, 5) is 16.1. The first-order valence-corrected chi connectivity index (χ1v) is 12.8. The molecule has 1 aliphatic carbocycles. The number of amides is 1. The summed E-state index contributed by atoms with van der Waals surface area (Å²) in [6.45, 7) is 8.87. The van der Waals surface area contributed by atoms with Crippen LogP contribution in [0.4, 0.5) is 13.2 Å². The van der Waals surface area contributed by atoms with Crippen molar-refractivity contribution in [2.45, 2.75) is 58.4 Å². The third-order valence-corrected chi connectivity index (χ3v) is 6.95. The normalized spacial score (nSPS) is 21.1. The molecule has 206 valence electrons. The number of allylic oxidation sites excluding steroid dienone is 3. The van der Waals surface area contributed by atoms with Crippen molar-refractivity contribution in [1.82, 2.24) is 15.1 Å². The van der Waals surface area contributed by atoms with Crippen LogP contribution in [-0.2, 0) is 11.3 Å². The van der Waals surface area contributed by atoms with Gasteiger partial charge in [-0.05, 0) is 62.3 Å². The second-order valence-electron chi connectivity index (χ2n) is 10.0. The molecule has 1 fully saturated rings. The quantitative estimate of drug-likeness (QED) is 0.327. The first-order valence-electron chi connectivity index (χ1n) is 12.4. The zero-order valence-corrected chi connectivity index (χ0v) is 22.9. The molecule has 0 bridgehead atoms. The van der Waals surface area contributed by atoms with Gasteiger partial charge in [0.1, 0.15) is 5.54 Å². The molecule has 2 aliphatic rings. The van der Waals surface area contributed by atoms with Crippen molar-refractivity contribution in [1.29, 1.82) is 5.26 Å². The lowest BCUT2D eigenvalue weighted by Crippen LogP contribution is -2.44. The van der Waals surface area contributed by atoms with Gasteiger partial charge in [0.2, 0.25) is 0 Å². The second-order valence-corrected chi connectivity index (χ2v) is 10.4. The van der Waals surface area contributed by atoms with Crippen LogP contribution >= 0.6 is 12.2 Å². The smallest absolute Gasteiger partial charge is 0.396 e. The van der Waals surface area contributed by atoms with Gasteiger partial charge < -0.3 is 19.7 Å². The van der Waals surface area contributed by atoms with E-state index in [4.69, 9.17) is 27.0 Å². The molecular weight excluding hydrogens is 517 g/mol. The van der Waals surface area contributed by atoms with Gasteiger partial charge in [-0.15, -0.1) is 0 Å². The number of thiocarbonyl (C=S) groups is 1. The number of methoxy groups -OCH3 is 1. The fourth-order valence-electron chi connectivity index (χ4n) is 4.34. The molecule has 1 aromatic carbocycles. The number of hydrogen-bond donors (Lipinski definition) is 1. The molecule has 7 nitrogen and oxygen atoms in total. The van der Waals surface area contributed by atoms with Crippen LogP contribution in [0.15, 0.2) is 42.1 Å². The Morgan fingerprint density at radius 1 is 1.26 bits per heavy atom. The molecule has 1 saturated heterocycles. The molecule has 2 unspecified atom stereocenters. The van der Waals surface area contributed by atoms with Gasteiger partial charge in [-0.3, -0.25) is 9.69 Å². The number of carbonyl (C=O) groups excluding carboxylic acids is 1. The van der Waals surface area contributed by atoms with E-state index in [-0.39, 0.29) is 10.8 Å². The highest BCUT2D eigenvalue weighted by atomic mass is 32.1. The fraction of sp³-hybridized carbons (Fsp3) is 0.519. The maximum absolute atomic E-state index is 13.6. The summed E-state index contributed by atoms with van der Waals surface area (Å²) in [6.07, 6.45) is -0.688. The van der Waals surface area contributed by atoms with Crippen molar-refractivity contribution >= 4 is 23.2 Å². The van der Waals surface area contributed by atoms with E-state index in [2.05, 4.69) is 19.2 Å². The monoisotopic (exact) mass is 550 g/mol. The van der Waals surface area contributed by atoms with Gasteiger partial charge in [-0.2, -0.15) is 18.4 Å². The Bertz CT molecular complexity index is 1160. The zero-order chi connectivity index (χ0) is 28.3. The molecule has 3 rings (SSSR count). The molecule has 1 N–H and O–H groups in total. The lowest BCUT2D eigenvalue weighted by atomic mass is 9.87. The number of benzene rings is 1. The summed E-state index contributed by atoms with van der Waals surface area (Å²) < 4.78 is 52.0. The van der Waals surface area contributed by atoms with Crippen molar-refractivity contribution in [2.75, 3.05) is 20.3 Å². The Balaban J connectivity index is 1.67. The topological polar surface area (TPSA) is 77.8 Å². The molecule has 0 aromatic heterocycles. The molecule has 0 radical (unpaired) electrons. The Hall–Kier alpha value is -3.10. The molecule has 1 amide bonds. The molecule has 1 heterocycles. The second kappa shape index (κ2) is 11.7. The summed E-state index contributed by atoms with van der Waals surface area (Å²) in [5.41, 5.74) is 0.0249. The SMILES string of the molecule is COc1cc(CNC(C)C)ccc1OCCCN1C(=S)N(C2=CC(C(F)(F)F)C(C#N)C=C2)C(=O)C1(C)C. The van der Waals surface area contributed by atoms with E-state index in [0.717, 1.165) is 16.5 Å². The fourth-order valence-corrected chi connectivity index (χ4v) is 4.85. The number of ether oxygens (including phenoxy) is 2. The number of nitrogens with one attached hydrogen (secondary N) is 1. The largest absolute Gasteiger partial charge is 0.493 e. The third-order valence-electron chi connectivity index (χ3n) is 6.55. The number of alkyl halides is 3. The average molecular weight is 551 g/mol. The molecule has 1 aliphatic heterocycles. The van der Waals surface area contributed by atoms with Gasteiger partial charge >= 0.3 is 6.18 Å². The van der Waals surface area contributed by atoms with Crippen LogP contribution < -0.4 is 14.8 Å². The molecule has 38 heavy (non-hydrogen) atoms. The number of nitriles is 1. The summed E-state index contributed by atoms with van der Waals surface area (Å²) in [5.74, 6) is -2.61. The van der Waals surface area contributed by atoms with E-state index in [0.29, 0.717) is 43.7 Å². The summed E-state index contributed by atoms with van der Waals surface area (Å²) in [5, 5.41) is 12.6. The molecular formula is C27H33F3N4O3S. The average Bonchev–Trinajstić information content (AvgIpc) is 3.03. The first kappa shape index (κ1) is 29.5. The van der Waals surface area contributed by atoms with Gasteiger partial charge in [-0.1, -0.05) is 26.0 Å². The van der Waals surface area contributed by atoms with Gasteiger partial charge in [0.25, 0.3) is 5.91 Å². The van der Waals surface area contributed by atoms with Crippen LogP contribution in [-0.4, -0.2) is 58.8 Å². The Labute approximate surface area is 226 Å². The molecule has 0 spiro atoms. The van der Waals surface area contributed by atoms with E-state index < -0.39 is 29.5 Å². The predicted octanol–water partition coefficient (Wildman–Crippen LogP) is 4.94. The van der Waals surface area contributed by atoms with E-state index in [9.17, 15) is 18.0 Å². The molecule has 0 saturated carbocycles. The third kappa shape index (κ3) is 6.30.